The molecule has 3 aromatic rings. The highest BCUT2D eigenvalue weighted by molar-refractivity contribution is 5.49. The monoisotopic (exact) mass is 338 g/mol. The maximum atomic E-state index is 5.89. The number of aryl methyl sites for hydroxylation is 1. The molecule has 0 atom stereocenters. The summed E-state index contributed by atoms with van der Waals surface area (Å²) < 4.78 is 7.82. The van der Waals surface area contributed by atoms with Gasteiger partial charge in [0.2, 0.25) is 11.8 Å². The number of nitrogens with zero attached hydrogens (tertiary/aromatic N) is 6. The van der Waals surface area contributed by atoms with E-state index in [0.717, 1.165) is 43.9 Å². The summed E-state index contributed by atoms with van der Waals surface area (Å²) in [6, 6.07) is 3.81. The summed E-state index contributed by atoms with van der Waals surface area (Å²) in [5.74, 6) is 1.64. The lowest BCUT2D eigenvalue weighted by atomic mass is 9.96. The fourth-order valence-corrected chi connectivity index (χ4v) is 3.28. The van der Waals surface area contributed by atoms with E-state index in [-0.39, 0.29) is 0 Å². The van der Waals surface area contributed by atoms with Gasteiger partial charge in [-0.15, -0.1) is 10.2 Å². The third kappa shape index (κ3) is 3.32. The molecular weight excluding hydrogens is 316 g/mol. The van der Waals surface area contributed by atoms with Crippen molar-refractivity contribution >= 4 is 0 Å². The molecule has 1 aliphatic rings. The van der Waals surface area contributed by atoms with Crippen LogP contribution in [0.2, 0.25) is 0 Å². The molecule has 0 radical (unpaired) electrons. The molecule has 0 amide bonds. The second-order valence-electron chi connectivity index (χ2n) is 6.62. The Bertz CT molecular complexity index is 832. The molecule has 0 spiro atoms. The van der Waals surface area contributed by atoms with Gasteiger partial charge in [0, 0.05) is 43.2 Å². The van der Waals surface area contributed by atoms with E-state index < -0.39 is 0 Å². The Kier molecular flexibility index (Phi) is 4.31. The van der Waals surface area contributed by atoms with Gasteiger partial charge in [0.25, 0.3) is 0 Å². The van der Waals surface area contributed by atoms with Gasteiger partial charge in [0.05, 0.1) is 11.8 Å². The predicted molar refractivity (Wildman–Crippen MR) is 92.7 cm³/mol. The number of piperidine rings is 1. The van der Waals surface area contributed by atoms with Gasteiger partial charge in [-0.05, 0) is 45.0 Å². The number of hydrogen-bond donors (Lipinski definition) is 0. The lowest BCUT2D eigenvalue weighted by Crippen LogP contribution is -2.32. The Balaban J connectivity index is 1.37. The van der Waals surface area contributed by atoms with Gasteiger partial charge >= 0.3 is 0 Å². The van der Waals surface area contributed by atoms with E-state index in [4.69, 9.17) is 4.42 Å². The smallest absolute Gasteiger partial charge is 0.249 e. The van der Waals surface area contributed by atoms with Gasteiger partial charge in [-0.3, -0.25) is 14.6 Å². The SMILES string of the molecule is Cc1c(CN2CCC(c3nnc(-c4cccnc4)o3)CC2)cnn1C. The number of pyridine rings is 1. The molecule has 7 heteroatoms. The predicted octanol–water partition coefficient (Wildman–Crippen LogP) is 2.55. The van der Waals surface area contributed by atoms with Crippen LogP contribution in [0.4, 0.5) is 0 Å². The summed E-state index contributed by atoms with van der Waals surface area (Å²) in [5.41, 5.74) is 3.41. The van der Waals surface area contributed by atoms with Crippen molar-refractivity contribution in [1.29, 1.82) is 0 Å². The zero-order chi connectivity index (χ0) is 17.2. The van der Waals surface area contributed by atoms with E-state index in [2.05, 4.69) is 32.1 Å². The van der Waals surface area contributed by atoms with Crippen LogP contribution in [0, 0.1) is 6.92 Å². The van der Waals surface area contributed by atoms with Crippen LogP contribution in [0.1, 0.15) is 35.9 Å². The van der Waals surface area contributed by atoms with Crippen molar-refractivity contribution in [2.75, 3.05) is 13.1 Å². The first-order valence-electron chi connectivity index (χ1n) is 8.64. The molecule has 0 aromatic carbocycles. The van der Waals surface area contributed by atoms with Crippen LogP contribution in [0.3, 0.4) is 0 Å². The summed E-state index contributed by atoms with van der Waals surface area (Å²) in [6.45, 7) is 5.14. The summed E-state index contributed by atoms with van der Waals surface area (Å²) in [6.07, 6.45) is 7.53. The summed E-state index contributed by atoms with van der Waals surface area (Å²) in [7, 11) is 1.99. The number of hydrogen-bond acceptors (Lipinski definition) is 6. The lowest BCUT2D eigenvalue weighted by molar-refractivity contribution is 0.193. The minimum absolute atomic E-state index is 0.337. The highest BCUT2D eigenvalue weighted by atomic mass is 16.4. The summed E-state index contributed by atoms with van der Waals surface area (Å²) in [4.78, 5) is 6.57. The summed E-state index contributed by atoms with van der Waals surface area (Å²) >= 11 is 0. The zero-order valence-electron chi connectivity index (χ0n) is 14.6. The van der Waals surface area contributed by atoms with E-state index in [1.165, 1.54) is 11.3 Å². The molecule has 0 aliphatic carbocycles. The Hall–Kier alpha value is -2.54. The Morgan fingerprint density at radius 3 is 2.72 bits per heavy atom. The van der Waals surface area contributed by atoms with Crippen molar-refractivity contribution in [3.8, 4) is 11.5 Å². The van der Waals surface area contributed by atoms with Gasteiger partial charge in [0.15, 0.2) is 0 Å². The standard InChI is InChI=1S/C18H22N6O/c1-13-16(11-20-23(13)2)12-24-8-5-14(6-9-24)17-21-22-18(25-17)15-4-3-7-19-10-15/h3-4,7,10-11,14H,5-6,8-9,12H2,1-2H3. The van der Waals surface area contributed by atoms with E-state index >= 15 is 0 Å². The Morgan fingerprint density at radius 2 is 2.04 bits per heavy atom. The van der Waals surface area contributed by atoms with E-state index in [1.807, 2.05) is 30.1 Å². The molecule has 4 heterocycles. The third-order valence-electron chi connectivity index (χ3n) is 5.02. The number of likely N-dealkylation sites (tertiary alicyclic amines) is 1. The first-order valence-corrected chi connectivity index (χ1v) is 8.64. The van der Waals surface area contributed by atoms with Gasteiger partial charge in [0.1, 0.15) is 0 Å². The van der Waals surface area contributed by atoms with E-state index in [1.54, 1.807) is 12.4 Å². The van der Waals surface area contributed by atoms with Crippen molar-refractivity contribution < 1.29 is 4.42 Å². The van der Waals surface area contributed by atoms with Crippen LogP contribution in [-0.4, -0.2) is 43.0 Å². The zero-order valence-corrected chi connectivity index (χ0v) is 14.6. The van der Waals surface area contributed by atoms with Crippen molar-refractivity contribution in [1.82, 2.24) is 29.9 Å². The van der Waals surface area contributed by atoms with E-state index in [0.29, 0.717) is 11.8 Å². The highest BCUT2D eigenvalue weighted by Gasteiger charge is 2.25. The third-order valence-corrected chi connectivity index (χ3v) is 5.02. The van der Waals surface area contributed by atoms with Crippen LogP contribution < -0.4 is 0 Å². The molecule has 1 aliphatic heterocycles. The van der Waals surface area contributed by atoms with Crippen molar-refractivity contribution in [2.45, 2.75) is 32.2 Å². The molecule has 130 valence electrons. The maximum Gasteiger partial charge on any atom is 0.249 e. The van der Waals surface area contributed by atoms with Crippen molar-refractivity contribution in [3.63, 3.8) is 0 Å². The van der Waals surface area contributed by atoms with Crippen LogP contribution >= 0.6 is 0 Å². The fourth-order valence-electron chi connectivity index (χ4n) is 3.28. The minimum Gasteiger partial charge on any atom is -0.420 e. The second-order valence-corrected chi connectivity index (χ2v) is 6.62. The molecule has 1 saturated heterocycles. The van der Waals surface area contributed by atoms with Gasteiger partial charge in [-0.2, -0.15) is 5.10 Å². The summed E-state index contributed by atoms with van der Waals surface area (Å²) in [5, 5.41) is 12.8. The van der Waals surface area contributed by atoms with Crippen LogP contribution in [0.15, 0.2) is 35.1 Å². The Labute approximate surface area is 146 Å². The first kappa shape index (κ1) is 16.0. The topological polar surface area (TPSA) is 72.9 Å². The number of aromatic nitrogens is 5. The molecule has 0 bridgehead atoms. The van der Waals surface area contributed by atoms with Crippen molar-refractivity contribution in [2.24, 2.45) is 7.05 Å². The number of rotatable bonds is 4. The van der Waals surface area contributed by atoms with Gasteiger partial charge in [-0.25, -0.2) is 0 Å². The molecule has 25 heavy (non-hydrogen) atoms. The normalized spacial score (nSPS) is 16.4. The Morgan fingerprint density at radius 1 is 1.20 bits per heavy atom. The molecule has 4 rings (SSSR count). The van der Waals surface area contributed by atoms with Gasteiger partial charge in [-0.1, -0.05) is 0 Å². The van der Waals surface area contributed by atoms with Gasteiger partial charge < -0.3 is 4.42 Å². The molecule has 0 N–H and O–H groups in total. The van der Waals surface area contributed by atoms with Crippen molar-refractivity contribution in [3.05, 3.63) is 47.9 Å². The average molecular weight is 338 g/mol. The molecule has 0 unspecified atom stereocenters. The largest absolute Gasteiger partial charge is 0.420 e. The average Bonchev–Trinajstić information content (AvgIpc) is 3.26. The van der Waals surface area contributed by atoms with E-state index in [9.17, 15) is 0 Å². The first-order chi connectivity index (χ1) is 12.2. The molecule has 1 fully saturated rings. The fraction of sp³-hybridized carbons (Fsp3) is 0.444. The van der Waals surface area contributed by atoms with Crippen LogP contribution in [-0.2, 0) is 13.6 Å². The molecule has 0 saturated carbocycles. The lowest BCUT2D eigenvalue weighted by Gasteiger charge is -2.30. The molecule has 7 nitrogen and oxygen atoms in total. The minimum atomic E-state index is 0.337. The van der Waals surface area contributed by atoms with Crippen LogP contribution in [0.5, 0.6) is 0 Å². The second kappa shape index (κ2) is 6.76. The quantitative estimate of drug-likeness (QED) is 0.728. The van der Waals surface area contributed by atoms with Crippen LogP contribution in [0.25, 0.3) is 11.5 Å². The highest BCUT2D eigenvalue weighted by Crippen LogP contribution is 2.29. The maximum absolute atomic E-state index is 5.89. The molecular formula is C18H22N6O. The molecule has 3 aromatic heterocycles.